The molecule has 0 aromatic heterocycles. The maximum Gasteiger partial charge on any atom is 0.0468 e. The first kappa shape index (κ1) is 22.8. The second-order valence-corrected chi connectivity index (χ2v) is 6.54. The summed E-state index contributed by atoms with van der Waals surface area (Å²) in [6, 6.07) is 0. The van der Waals surface area contributed by atoms with Crippen LogP contribution in [0.5, 0.6) is 0 Å². The lowest BCUT2D eigenvalue weighted by Crippen LogP contribution is -2.29. The number of hydrogen-bond acceptors (Lipinski definition) is 6. The van der Waals surface area contributed by atoms with E-state index in [1.54, 1.807) is 0 Å². The molecule has 23 heavy (non-hydrogen) atoms. The number of hydrogen-bond donors (Lipinski definition) is 6. The molecule has 0 saturated carbocycles. The Hall–Kier alpha value is -0.240. The largest absolute Gasteiger partial charge is 0.396 e. The second-order valence-electron chi connectivity index (χ2n) is 6.54. The molecule has 0 amide bonds. The minimum Gasteiger partial charge on any atom is -0.396 e. The van der Waals surface area contributed by atoms with Gasteiger partial charge in [0, 0.05) is 13.2 Å². The van der Waals surface area contributed by atoms with Crippen molar-refractivity contribution < 1.29 is 10.2 Å². The van der Waals surface area contributed by atoms with Crippen LogP contribution in [0.3, 0.4) is 0 Å². The first-order chi connectivity index (χ1) is 11.2. The van der Waals surface area contributed by atoms with Crippen molar-refractivity contribution in [1.29, 1.82) is 0 Å². The zero-order valence-corrected chi connectivity index (χ0v) is 15.2. The first-order valence-corrected chi connectivity index (χ1v) is 9.25. The van der Waals surface area contributed by atoms with Crippen LogP contribution in [0.25, 0.3) is 0 Å². The van der Waals surface area contributed by atoms with Gasteiger partial charge < -0.3 is 31.5 Å². The van der Waals surface area contributed by atoms with Gasteiger partial charge in [0.2, 0.25) is 0 Å². The minimum absolute atomic E-state index is 0.260. The molecule has 2 atom stereocenters. The summed E-state index contributed by atoms with van der Waals surface area (Å²) in [6.45, 7) is 12.6. The molecule has 0 fully saturated rings. The van der Waals surface area contributed by atoms with E-state index in [9.17, 15) is 0 Å². The second kappa shape index (κ2) is 18.1. The van der Waals surface area contributed by atoms with Crippen LogP contribution in [0.15, 0.2) is 0 Å². The maximum absolute atomic E-state index is 8.90. The summed E-state index contributed by atoms with van der Waals surface area (Å²) in [4.78, 5) is 0. The fraction of sp³-hybridized carbons (Fsp3) is 1.00. The Labute approximate surface area is 142 Å². The van der Waals surface area contributed by atoms with Crippen molar-refractivity contribution in [3.8, 4) is 0 Å². The number of nitrogens with one attached hydrogen (secondary N) is 4. The molecular formula is C17H40N4O2. The van der Waals surface area contributed by atoms with Crippen LogP contribution in [-0.4, -0.2) is 75.8 Å². The van der Waals surface area contributed by atoms with Gasteiger partial charge >= 0.3 is 0 Å². The van der Waals surface area contributed by atoms with E-state index in [0.29, 0.717) is 11.8 Å². The normalized spacial score (nSPS) is 14.1. The van der Waals surface area contributed by atoms with Gasteiger partial charge in [0.05, 0.1) is 0 Å². The third-order valence-electron chi connectivity index (χ3n) is 3.73. The van der Waals surface area contributed by atoms with E-state index in [1.165, 1.54) is 0 Å². The molecule has 6 nitrogen and oxygen atoms in total. The van der Waals surface area contributed by atoms with E-state index in [1.807, 2.05) is 13.8 Å². The molecule has 0 aromatic rings. The Bertz CT molecular complexity index is 211. The van der Waals surface area contributed by atoms with Gasteiger partial charge in [-0.15, -0.1) is 0 Å². The highest BCUT2D eigenvalue weighted by Gasteiger charge is 1.98. The summed E-state index contributed by atoms with van der Waals surface area (Å²) >= 11 is 0. The molecule has 0 aliphatic rings. The van der Waals surface area contributed by atoms with Crippen LogP contribution < -0.4 is 21.3 Å². The third-order valence-corrected chi connectivity index (χ3v) is 3.73. The molecule has 0 heterocycles. The Morgan fingerprint density at radius 3 is 1.17 bits per heavy atom. The molecule has 0 saturated heterocycles. The van der Waals surface area contributed by atoms with Crippen LogP contribution in [0.4, 0.5) is 0 Å². The van der Waals surface area contributed by atoms with E-state index in [4.69, 9.17) is 10.2 Å². The summed E-state index contributed by atoms with van der Waals surface area (Å²) in [5.41, 5.74) is 0. The lowest BCUT2D eigenvalue weighted by Gasteiger charge is -2.10. The van der Waals surface area contributed by atoms with Crippen LogP contribution in [0, 0.1) is 11.8 Å². The molecular weight excluding hydrogens is 292 g/mol. The summed E-state index contributed by atoms with van der Waals surface area (Å²) in [6.07, 6.45) is 3.41. The van der Waals surface area contributed by atoms with Gasteiger partial charge in [-0.3, -0.25) is 0 Å². The van der Waals surface area contributed by atoms with E-state index in [2.05, 4.69) is 21.3 Å². The first-order valence-electron chi connectivity index (χ1n) is 9.25. The van der Waals surface area contributed by atoms with Crippen LogP contribution in [0.2, 0.25) is 0 Å². The van der Waals surface area contributed by atoms with E-state index < -0.39 is 0 Å². The zero-order chi connectivity index (χ0) is 17.2. The predicted molar refractivity (Wildman–Crippen MR) is 97.8 cm³/mol. The standard InChI is InChI=1S/C17H40N4O2/c1-16(14-22)12-20-10-4-8-18-6-3-7-19-9-5-11-21-13-17(2)15-23/h16-23H,3-15H2,1-2H3/t16-,17-/m0/s1. The molecule has 0 aliphatic heterocycles. The Morgan fingerprint density at radius 2 is 0.870 bits per heavy atom. The smallest absolute Gasteiger partial charge is 0.0468 e. The number of aliphatic hydroxyl groups is 2. The van der Waals surface area contributed by atoms with Crippen molar-refractivity contribution >= 4 is 0 Å². The molecule has 0 aliphatic carbocycles. The van der Waals surface area contributed by atoms with Gasteiger partial charge in [-0.25, -0.2) is 0 Å². The predicted octanol–water partition coefficient (Wildman–Crippen LogP) is -0.228. The quantitative estimate of drug-likeness (QED) is 0.194. The Balaban J connectivity index is 3.03. The summed E-state index contributed by atoms with van der Waals surface area (Å²) in [5, 5.41) is 31.4. The van der Waals surface area contributed by atoms with Gasteiger partial charge in [-0.1, -0.05) is 13.8 Å². The molecule has 140 valence electrons. The highest BCUT2D eigenvalue weighted by atomic mass is 16.3. The van der Waals surface area contributed by atoms with Crippen LogP contribution in [0.1, 0.15) is 33.1 Å². The van der Waals surface area contributed by atoms with Crippen molar-refractivity contribution in [3.05, 3.63) is 0 Å². The van der Waals surface area contributed by atoms with Crippen LogP contribution >= 0.6 is 0 Å². The van der Waals surface area contributed by atoms with Crippen LogP contribution in [-0.2, 0) is 0 Å². The summed E-state index contributed by atoms with van der Waals surface area (Å²) < 4.78 is 0. The number of rotatable bonds is 18. The van der Waals surface area contributed by atoms with Crippen molar-refractivity contribution in [2.45, 2.75) is 33.1 Å². The monoisotopic (exact) mass is 332 g/mol. The average molecular weight is 333 g/mol. The SMILES string of the molecule is C[C@H](CO)CNCCCNCCCNCCCNC[C@H](C)CO. The molecule has 0 radical (unpaired) electrons. The zero-order valence-electron chi connectivity index (χ0n) is 15.2. The Kier molecular flexibility index (Phi) is 17.9. The van der Waals surface area contributed by atoms with Gasteiger partial charge in [-0.05, 0) is 83.5 Å². The van der Waals surface area contributed by atoms with Gasteiger partial charge in [-0.2, -0.15) is 0 Å². The molecule has 0 unspecified atom stereocenters. The van der Waals surface area contributed by atoms with Gasteiger partial charge in [0.1, 0.15) is 0 Å². The third kappa shape index (κ3) is 17.9. The molecule has 6 N–H and O–H groups in total. The lowest BCUT2D eigenvalue weighted by atomic mass is 10.2. The minimum atomic E-state index is 0.260. The summed E-state index contributed by atoms with van der Waals surface area (Å²) in [7, 11) is 0. The van der Waals surface area contributed by atoms with Crippen molar-refractivity contribution in [2.24, 2.45) is 11.8 Å². The van der Waals surface area contributed by atoms with E-state index >= 15 is 0 Å². The van der Waals surface area contributed by atoms with Crippen molar-refractivity contribution in [3.63, 3.8) is 0 Å². The summed E-state index contributed by atoms with van der Waals surface area (Å²) in [5.74, 6) is 0.699. The molecule has 0 spiro atoms. The fourth-order valence-corrected chi connectivity index (χ4v) is 2.09. The maximum atomic E-state index is 8.90. The van der Waals surface area contributed by atoms with Crippen molar-refractivity contribution in [1.82, 2.24) is 21.3 Å². The van der Waals surface area contributed by atoms with Crippen molar-refractivity contribution in [2.75, 3.05) is 65.6 Å². The van der Waals surface area contributed by atoms with E-state index in [0.717, 1.165) is 71.6 Å². The molecule has 0 aromatic carbocycles. The average Bonchev–Trinajstić information content (AvgIpc) is 2.57. The molecule has 0 rings (SSSR count). The molecule has 0 bridgehead atoms. The fourth-order valence-electron chi connectivity index (χ4n) is 2.09. The van der Waals surface area contributed by atoms with Gasteiger partial charge in [0.25, 0.3) is 0 Å². The topological polar surface area (TPSA) is 88.6 Å². The molecule has 6 heteroatoms. The lowest BCUT2D eigenvalue weighted by molar-refractivity contribution is 0.233. The highest BCUT2D eigenvalue weighted by molar-refractivity contribution is 4.58. The van der Waals surface area contributed by atoms with Gasteiger partial charge in [0.15, 0.2) is 0 Å². The highest BCUT2D eigenvalue weighted by Crippen LogP contribution is 1.89. The number of aliphatic hydroxyl groups excluding tert-OH is 2. The van der Waals surface area contributed by atoms with E-state index in [-0.39, 0.29) is 13.2 Å². The Morgan fingerprint density at radius 1 is 0.565 bits per heavy atom.